The molecule has 1 aliphatic carbocycles. The zero-order chi connectivity index (χ0) is 14.1. The van der Waals surface area contributed by atoms with Gasteiger partial charge in [0.25, 0.3) is 5.91 Å². The van der Waals surface area contributed by atoms with Crippen molar-refractivity contribution in [3.63, 3.8) is 0 Å². The molecule has 3 N–H and O–H groups in total. The molecular weight excluding hydrogens is 256 g/mol. The van der Waals surface area contributed by atoms with Crippen LogP contribution >= 0.6 is 0 Å². The molecule has 1 aliphatic rings. The van der Waals surface area contributed by atoms with Crippen molar-refractivity contribution >= 4 is 11.7 Å². The van der Waals surface area contributed by atoms with Crippen molar-refractivity contribution in [3.8, 4) is 0 Å². The minimum atomic E-state index is -3.80. The Morgan fingerprint density at radius 2 is 2.32 bits per heavy atom. The fraction of sp³-hybridized carbons (Fsp3) is 0.667. The second kappa shape index (κ2) is 4.88. The van der Waals surface area contributed by atoms with Crippen molar-refractivity contribution in [2.24, 2.45) is 0 Å². The van der Waals surface area contributed by atoms with E-state index in [2.05, 4.69) is 10.2 Å². The summed E-state index contributed by atoms with van der Waals surface area (Å²) in [7, 11) is 0. The molecular formula is C12H17F2N3O2. The van der Waals surface area contributed by atoms with Gasteiger partial charge >= 0.3 is 5.92 Å². The lowest BCUT2D eigenvalue weighted by Gasteiger charge is -2.41. The van der Waals surface area contributed by atoms with Gasteiger partial charge < -0.3 is 10.4 Å². The predicted molar refractivity (Wildman–Crippen MR) is 65.0 cm³/mol. The van der Waals surface area contributed by atoms with Gasteiger partial charge in [0.1, 0.15) is 5.60 Å². The van der Waals surface area contributed by atoms with E-state index in [-0.39, 0.29) is 18.7 Å². The SMILES string of the molecule is CCCc1cc(NC(=O)C(F)(F)C2(O)CCC2)n[nH]1. The van der Waals surface area contributed by atoms with Crippen LogP contribution in [0.3, 0.4) is 0 Å². The Labute approximate surface area is 109 Å². The highest BCUT2D eigenvalue weighted by Crippen LogP contribution is 2.44. The van der Waals surface area contributed by atoms with E-state index in [1.54, 1.807) is 0 Å². The lowest BCUT2D eigenvalue weighted by Crippen LogP contribution is -2.59. The molecule has 0 unspecified atom stereocenters. The van der Waals surface area contributed by atoms with Gasteiger partial charge in [0.2, 0.25) is 0 Å². The van der Waals surface area contributed by atoms with E-state index in [1.165, 1.54) is 6.07 Å². The number of H-pyrrole nitrogens is 1. The fourth-order valence-electron chi connectivity index (χ4n) is 2.05. The number of aryl methyl sites for hydroxylation is 1. The van der Waals surface area contributed by atoms with E-state index in [9.17, 15) is 18.7 Å². The standard InChI is InChI=1S/C12H17F2N3O2/c1-2-4-8-7-9(17-16-8)15-10(18)12(13,14)11(19)5-3-6-11/h7,19H,2-6H2,1H3,(H2,15,16,17,18). The maximum absolute atomic E-state index is 13.8. The molecule has 1 aromatic rings. The Hall–Kier alpha value is -1.50. The average molecular weight is 273 g/mol. The van der Waals surface area contributed by atoms with Gasteiger partial charge in [0, 0.05) is 11.8 Å². The van der Waals surface area contributed by atoms with Crippen LogP contribution in [-0.4, -0.2) is 32.7 Å². The molecule has 0 spiro atoms. The first-order valence-corrected chi connectivity index (χ1v) is 6.35. The van der Waals surface area contributed by atoms with Gasteiger partial charge in [-0.3, -0.25) is 9.89 Å². The van der Waals surface area contributed by atoms with Crippen molar-refractivity contribution in [1.82, 2.24) is 10.2 Å². The highest BCUT2D eigenvalue weighted by Gasteiger charge is 2.61. The summed E-state index contributed by atoms with van der Waals surface area (Å²) in [6.45, 7) is 1.97. The van der Waals surface area contributed by atoms with E-state index >= 15 is 0 Å². The molecule has 1 heterocycles. The van der Waals surface area contributed by atoms with Crippen molar-refractivity contribution in [3.05, 3.63) is 11.8 Å². The number of carbonyl (C=O) groups excluding carboxylic acids is 1. The maximum atomic E-state index is 13.8. The first-order chi connectivity index (χ1) is 8.89. The number of aromatic nitrogens is 2. The summed E-state index contributed by atoms with van der Waals surface area (Å²) >= 11 is 0. The molecule has 2 rings (SSSR count). The van der Waals surface area contributed by atoms with Gasteiger partial charge in [0.05, 0.1) is 0 Å². The molecule has 1 fully saturated rings. The second-order valence-electron chi connectivity index (χ2n) is 4.94. The summed E-state index contributed by atoms with van der Waals surface area (Å²) in [5.74, 6) is -5.25. The number of hydrogen-bond donors (Lipinski definition) is 3. The van der Waals surface area contributed by atoms with Crippen LogP contribution in [0.25, 0.3) is 0 Å². The number of rotatable bonds is 5. The molecule has 0 bridgehead atoms. The van der Waals surface area contributed by atoms with Crippen molar-refractivity contribution in [2.45, 2.75) is 50.6 Å². The van der Waals surface area contributed by atoms with Crippen LogP contribution in [0.4, 0.5) is 14.6 Å². The summed E-state index contributed by atoms with van der Waals surface area (Å²) < 4.78 is 27.6. The van der Waals surface area contributed by atoms with E-state index in [0.29, 0.717) is 6.42 Å². The molecule has 7 heteroatoms. The molecule has 0 radical (unpaired) electrons. The minimum Gasteiger partial charge on any atom is -0.383 e. The largest absolute Gasteiger partial charge is 0.383 e. The molecule has 0 atom stereocenters. The van der Waals surface area contributed by atoms with Crippen LogP contribution in [0.5, 0.6) is 0 Å². The quantitative estimate of drug-likeness (QED) is 0.766. The van der Waals surface area contributed by atoms with Gasteiger partial charge in [-0.25, -0.2) is 0 Å². The number of nitrogens with one attached hydrogen (secondary N) is 2. The van der Waals surface area contributed by atoms with E-state index < -0.39 is 17.4 Å². The van der Waals surface area contributed by atoms with Crippen molar-refractivity contribution in [1.29, 1.82) is 0 Å². The zero-order valence-electron chi connectivity index (χ0n) is 10.7. The Bertz CT molecular complexity index is 469. The minimum absolute atomic E-state index is 0.0519. The van der Waals surface area contributed by atoms with Crippen LogP contribution in [0.15, 0.2) is 6.07 Å². The Morgan fingerprint density at radius 3 is 2.84 bits per heavy atom. The smallest absolute Gasteiger partial charge is 0.352 e. The van der Waals surface area contributed by atoms with Crippen LogP contribution in [0.2, 0.25) is 0 Å². The van der Waals surface area contributed by atoms with Gasteiger partial charge in [0.15, 0.2) is 5.82 Å². The number of hydrogen-bond acceptors (Lipinski definition) is 3. The Morgan fingerprint density at radius 1 is 1.63 bits per heavy atom. The molecule has 1 aromatic heterocycles. The van der Waals surface area contributed by atoms with Crippen LogP contribution < -0.4 is 5.32 Å². The molecule has 0 aliphatic heterocycles. The summed E-state index contributed by atoms with van der Waals surface area (Å²) in [6, 6.07) is 1.52. The highest BCUT2D eigenvalue weighted by atomic mass is 19.3. The van der Waals surface area contributed by atoms with Crippen LogP contribution in [-0.2, 0) is 11.2 Å². The molecule has 0 aromatic carbocycles. The number of nitrogens with zero attached hydrogens (tertiary/aromatic N) is 1. The Balaban J connectivity index is 2.03. The average Bonchev–Trinajstić information content (AvgIpc) is 2.73. The maximum Gasteiger partial charge on any atom is 0.352 e. The summed E-state index contributed by atoms with van der Waals surface area (Å²) in [4.78, 5) is 11.6. The van der Waals surface area contributed by atoms with Gasteiger partial charge in [-0.2, -0.15) is 13.9 Å². The number of carbonyl (C=O) groups is 1. The van der Waals surface area contributed by atoms with E-state index in [1.807, 2.05) is 12.2 Å². The van der Waals surface area contributed by atoms with Crippen LogP contribution in [0.1, 0.15) is 38.3 Å². The lowest BCUT2D eigenvalue weighted by molar-refractivity contribution is -0.212. The third kappa shape index (κ3) is 2.47. The second-order valence-corrected chi connectivity index (χ2v) is 4.94. The fourth-order valence-corrected chi connectivity index (χ4v) is 2.05. The van der Waals surface area contributed by atoms with Crippen LogP contribution in [0, 0.1) is 0 Å². The third-order valence-corrected chi connectivity index (χ3v) is 3.44. The predicted octanol–water partition coefficient (Wildman–Crippen LogP) is 1.85. The highest BCUT2D eigenvalue weighted by molar-refractivity contribution is 5.96. The van der Waals surface area contributed by atoms with Crippen molar-refractivity contribution < 1.29 is 18.7 Å². The number of amides is 1. The first-order valence-electron chi connectivity index (χ1n) is 6.35. The normalized spacial score (nSPS) is 17.9. The third-order valence-electron chi connectivity index (χ3n) is 3.44. The number of aliphatic hydroxyl groups is 1. The molecule has 0 saturated heterocycles. The number of halogens is 2. The van der Waals surface area contributed by atoms with Gasteiger partial charge in [-0.05, 0) is 25.7 Å². The molecule has 5 nitrogen and oxygen atoms in total. The van der Waals surface area contributed by atoms with Crippen molar-refractivity contribution in [2.75, 3.05) is 5.32 Å². The molecule has 19 heavy (non-hydrogen) atoms. The zero-order valence-corrected chi connectivity index (χ0v) is 10.7. The topological polar surface area (TPSA) is 78.0 Å². The monoisotopic (exact) mass is 273 g/mol. The number of aromatic amines is 1. The molecule has 1 amide bonds. The first kappa shape index (κ1) is 13.9. The number of anilines is 1. The lowest BCUT2D eigenvalue weighted by atomic mass is 9.75. The summed E-state index contributed by atoms with van der Waals surface area (Å²) in [6.07, 6.45) is 1.99. The number of alkyl halides is 2. The molecule has 1 saturated carbocycles. The van der Waals surface area contributed by atoms with Gasteiger partial charge in [-0.1, -0.05) is 13.3 Å². The molecule has 106 valence electrons. The summed E-state index contributed by atoms with van der Waals surface area (Å²) in [5, 5.41) is 18.1. The van der Waals surface area contributed by atoms with E-state index in [4.69, 9.17) is 0 Å². The summed E-state index contributed by atoms with van der Waals surface area (Å²) in [5.41, 5.74) is -1.44. The van der Waals surface area contributed by atoms with E-state index in [0.717, 1.165) is 18.5 Å². The Kier molecular flexibility index (Phi) is 3.58. The van der Waals surface area contributed by atoms with Gasteiger partial charge in [-0.15, -0.1) is 0 Å².